The van der Waals surface area contributed by atoms with Gasteiger partial charge in [0.05, 0.1) is 0 Å². The van der Waals surface area contributed by atoms with Gasteiger partial charge < -0.3 is 34.3 Å². The van der Waals surface area contributed by atoms with E-state index < -0.39 is 14.0 Å². The molecule has 0 bridgehead atoms. The molecule has 0 aliphatic rings. The first-order valence-corrected chi connectivity index (χ1v) is 2.80. The van der Waals surface area contributed by atoms with Crippen molar-refractivity contribution in [2.24, 2.45) is 0 Å². The number of carboxylic acid groups (broad SMARTS) is 2. The Bertz CT molecular complexity index is 113. The molecule has 0 heterocycles. The molecule has 0 fully saturated rings. The molecule has 0 saturated carbocycles. The topological polar surface area (TPSA) is 149 Å². The zero-order valence-corrected chi connectivity index (χ0v) is 6.54. The van der Waals surface area contributed by atoms with E-state index in [9.17, 15) is 0 Å². The molecule has 0 aliphatic carbocycles. The first-order valence-electron chi connectivity index (χ1n) is 1.34. The van der Waals surface area contributed by atoms with E-state index in [0.29, 0.717) is 0 Å². The molecule has 0 aromatic heterocycles. The second-order valence-corrected chi connectivity index (χ2v) is 1.59. The Kier molecular flexibility index (Phi) is 11.7. The van der Waals surface area contributed by atoms with Gasteiger partial charge in [0.1, 0.15) is 0 Å². The zero-order chi connectivity index (χ0) is 8.08. The van der Waals surface area contributed by atoms with Gasteiger partial charge >= 0.3 is 0 Å². The van der Waals surface area contributed by atoms with Crippen molar-refractivity contribution in [2.75, 3.05) is 0 Å². The van der Waals surface area contributed by atoms with Crippen LogP contribution in [-0.4, -0.2) is 6.16 Å². The van der Waals surface area contributed by atoms with Crippen LogP contribution in [0.2, 0.25) is 0 Å². The molecular formula is CO7PV-5. The fraction of sp³-hybridized carbons (Fsp3) is 0. The van der Waals surface area contributed by atoms with E-state index in [0.717, 1.165) is 0 Å². The van der Waals surface area contributed by atoms with Gasteiger partial charge in [0.2, 0.25) is 0 Å². The molecule has 0 amide bonds. The molecule has 61 valence electrons. The van der Waals surface area contributed by atoms with Crippen LogP contribution in [0.1, 0.15) is 0 Å². The summed E-state index contributed by atoms with van der Waals surface area (Å²) >= 11 is 0. The summed E-state index contributed by atoms with van der Waals surface area (Å²) in [6.45, 7) is 0. The molecule has 0 rings (SSSR count). The smallest absolute Gasteiger partial charge is 0 e. The van der Waals surface area contributed by atoms with Gasteiger partial charge in [-0.1, -0.05) is 0 Å². The molecule has 0 aliphatic heterocycles. The van der Waals surface area contributed by atoms with Gasteiger partial charge in [0.15, 0.2) is 0 Å². The van der Waals surface area contributed by atoms with Crippen molar-refractivity contribution in [3.63, 3.8) is 0 Å². The van der Waals surface area contributed by atoms with Crippen LogP contribution < -0.4 is 24.9 Å². The van der Waals surface area contributed by atoms with E-state index in [4.69, 9.17) is 34.3 Å². The van der Waals surface area contributed by atoms with Crippen molar-refractivity contribution in [3.8, 4) is 0 Å². The van der Waals surface area contributed by atoms with E-state index >= 15 is 0 Å². The summed E-state index contributed by atoms with van der Waals surface area (Å²) in [5.41, 5.74) is 0. The van der Waals surface area contributed by atoms with E-state index in [1.807, 2.05) is 0 Å². The minimum atomic E-state index is -5.39. The third-order valence-electron chi connectivity index (χ3n) is 0. The molecule has 0 aromatic carbocycles. The molecule has 10 heavy (non-hydrogen) atoms. The summed E-state index contributed by atoms with van der Waals surface area (Å²) in [5, 5.41) is 16.7. The third-order valence-corrected chi connectivity index (χ3v) is 0. The Hall–Kier alpha value is -0.0356. The number of phosphoric acid groups is 1. The SMILES string of the molecule is O=C([O-])[O-].O=P([O-])([O-])[O-].[V]. The normalized spacial score (nSPS) is 8.30. The van der Waals surface area contributed by atoms with E-state index in [2.05, 4.69) is 0 Å². The molecule has 1 radical (unpaired) electrons. The van der Waals surface area contributed by atoms with Crippen LogP contribution in [0, 0.1) is 0 Å². The summed E-state index contributed by atoms with van der Waals surface area (Å²) in [6, 6.07) is 0. The first kappa shape index (κ1) is 16.5. The summed E-state index contributed by atoms with van der Waals surface area (Å²) in [7, 11) is -5.39. The van der Waals surface area contributed by atoms with Gasteiger partial charge in [-0.2, -0.15) is 7.82 Å². The maximum Gasteiger partial charge on any atom is 0 e. The third kappa shape index (κ3) is 305000. The van der Waals surface area contributed by atoms with Crippen LogP contribution in [0.25, 0.3) is 0 Å². The summed E-state index contributed by atoms with van der Waals surface area (Å²) in [6.07, 6.45) is -2.33. The molecule has 7 nitrogen and oxygen atoms in total. The summed E-state index contributed by atoms with van der Waals surface area (Å²) in [5.74, 6) is 0. The van der Waals surface area contributed by atoms with Crippen LogP contribution in [0.15, 0.2) is 0 Å². The van der Waals surface area contributed by atoms with E-state index in [1.165, 1.54) is 0 Å². The minimum absolute atomic E-state index is 0. The molecule has 0 saturated heterocycles. The van der Waals surface area contributed by atoms with Gasteiger partial charge in [0.25, 0.3) is 0 Å². The fourth-order valence-corrected chi connectivity index (χ4v) is 0. The molecule has 9 heteroatoms. The van der Waals surface area contributed by atoms with Crippen LogP contribution in [-0.2, 0) is 23.1 Å². The standard InChI is InChI=1S/CH2O3.H3O4P.V/c2-1(3)4;1-5(2,3)4;/h(H2,2,3,4);(H3,1,2,3,4);/p-5. The molecular weight excluding hydrogens is 206 g/mol. The number of hydrogen-bond acceptors (Lipinski definition) is 7. The number of carbonyl (C=O) groups is 1. The Labute approximate surface area is 67.4 Å². The fourth-order valence-electron chi connectivity index (χ4n) is 0. The maximum atomic E-state index is 8.55. The zero-order valence-electron chi connectivity index (χ0n) is 4.25. The predicted molar refractivity (Wildman–Crippen MR) is 13.0 cm³/mol. The number of hydrogen-bond donors (Lipinski definition) is 0. The van der Waals surface area contributed by atoms with Gasteiger partial charge in [-0.15, -0.1) is 0 Å². The largest absolute Gasteiger partial charge is 0.822 e. The van der Waals surface area contributed by atoms with Crippen molar-refractivity contribution in [2.45, 2.75) is 0 Å². The number of rotatable bonds is 0. The number of carbonyl (C=O) groups excluding carboxylic acids is 1. The molecule has 0 atom stereocenters. The monoisotopic (exact) mass is 206 g/mol. The Balaban J connectivity index is -0.0000000910. The van der Waals surface area contributed by atoms with Gasteiger partial charge in [-0.05, 0) is 6.16 Å². The molecule has 0 aromatic rings. The van der Waals surface area contributed by atoms with Crippen molar-refractivity contribution in [1.29, 1.82) is 0 Å². The maximum absolute atomic E-state index is 8.55. The molecule has 0 unspecified atom stereocenters. The van der Waals surface area contributed by atoms with E-state index in [1.54, 1.807) is 0 Å². The summed E-state index contributed by atoms with van der Waals surface area (Å²) in [4.78, 5) is 34.0. The second-order valence-electron chi connectivity index (χ2n) is 0.697. The average molecular weight is 206 g/mol. The van der Waals surface area contributed by atoms with Crippen molar-refractivity contribution >= 4 is 14.0 Å². The van der Waals surface area contributed by atoms with Gasteiger partial charge in [-0.25, -0.2) is 0 Å². The molecule has 0 N–H and O–H groups in total. The van der Waals surface area contributed by atoms with Crippen molar-refractivity contribution in [3.05, 3.63) is 0 Å². The van der Waals surface area contributed by atoms with Gasteiger partial charge in [-0.3, -0.25) is 0 Å². The summed E-state index contributed by atoms with van der Waals surface area (Å²) < 4.78 is 8.55. The van der Waals surface area contributed by atoms with Crippen LogP contribution in [0.5, 0.6) is 0 Å². The average Bonchev–Trinajstić information content (AvgIpc) is 1.19. The van der Waals surface area contributed by atoms with Gasteiger partial charge in [0, 0.05) is 18.6 Å². The molecule has 0 spiro atoms. The van der Waals surface area contributed by atoms with Crippen LogP contribution >= 0.6 is 7.82 Å². The Morgan fingerprint density at radius 1 is 1.10 bits per heavy atom. The first-order chi connectivity index (χ1) is 3.73. The van der Waals surface area contributed by atoms with Crippen molar-refractivity contribution in [1.82, 2.24) is 0 Å². The van der Waals surface area contributed by atoms with Crippen molar-refractivity contribution < 1.29 is 52.8 Å². The van der Waals surface area contributed by atoms with Crippen LogP contribution in [0.3, 0.4) is 0 Å². The predicted octanol–water partition coefficient (Wildman–Crippen LogP) is -5.27. The second kappa shape index (κ2) is 7.08. The van der Waals surface area contributed by atoms with Crippen LogP contribution in [0.4, 0.5) is 4.79 Å². The minimum Gasteiger partial charge on any atom is -0.822 e. The Morgan fingerprint density at radius 3 is 1.10 bits per heavy atom. The quantitative estimate of drug-likeness (QED) is 0.359. The van der Waals surface area contributed by atoms with E-state index in [-0.39, 0.29) is 18.6 Å². The Morgan fingerprint density at radius 2 is 1.10 bits per heavy atom.